The number of aromatic nitrogens is 1. The second-order valence-corrected chi connectivity index (χ2v) is 7.90. The molecule has 1 aliphatic carbocycles. The number of carbonyl (C=O) groups excluding carboxylic acids is 1. The Labute approximate surface area is 158 Å². The summed E-state index contributed by atoms with van der Waals surface area (Å²) in [6.07, 6.45) is 0.937. The Morgan fingerprint density at radius 3 is 2.67 bits per heavy atom. The zero-order chi connectivity index (χ0) is 19.2. The fraction of sp³-hybridized carbons (Fsp3) is 0.273. The highest BCUT2D eigenvalue weighted by Crippen LogP contribution is 2.44. The number of carbonyl (C=O) groups is 1. The van der Waals surface area contributed by atoms with E-state index in [1.807, 2.05) is 30.3 Å². The first kappa shape index (κ1) is 17.3. The van der Waals surface area contributed by atoms with Gasteiger partial charge in [0.15, 0.2) is 0 Å². The normalized spacial score (nSPS) is 17.5. The van der Waals surface area contributed by atoms with Crippen molar-refractivity contribution in [3.63, 3.8) is 0 Å². The molecule has 2 N–H and O–H groups in total. The summed E-state index contributed by atoms with van der Waals surface area (Å²) in [5.74, 6) is 0. The third-order valence-electron chi connectivity index (χ3n) is 5.45. The van der Waals surface area contributed by atoms with E-state index in [4.69, 9.17) is 0 Å². The van der Waals surface area contributed by atoms with Crippen molar-refractivity contribution in [3.8, 4) is 0 Å². The predicted molar refractivity (Wildman–Crippen MR) is 108 cm³/mol. The zero-order valence-corrected chi connectivity index (χ0v) is 15.7. The second kappa shape index (κ2) is 6.27. The van der Waals surface area contributed by atoms with E-state index in [1.54, 1.807) is 23.7 Å². The highest BCUT2D eigenvalue weighted by atomic mass is 16.2. The SMILES string of the molecule is Cn1c(=O)ccc2ccc(NC(=O)NC3c4ccccc4CC3(C)C)cc21. The van der Waals surface area contributed by atoms with Crippen LogP contribution in [-0.4, -0.2) is 10.6 Å². The minimum absolute atomic E-state index is 0.0430. The lowest BCUT2D eigenvalue weighted by Gasteiger charge is -2.28. The molecule has 5 heteroatoms. The number of nitrogens with one attached hydrogen (secondary N) is 2. The molecule has 0 aliphatic heterocycles. The van der Waals surface area contributed by atoms with Gasteiger partial charge in [0.05, 0.1) is 11.6 Å². The van der Waals surface area contributed by atoms with Crippen molar-refractivity contribution in [2.24, 2.45) is 12.5 Å². The number of hydrogen-bond acceptors (Lipinski definition) is 2. The van der Waals surface area contributed by atoms with Crippen LogP contribution in [-0.2, 0) is 13.5 Å². The van der Waals surface area contributed by atoms with E-state index >= 15 is 0 Å². The van der Waals surface area contributed by atoms with Gasteiger partial charge in [0.1, 0.15) is 0 Å². The molecule has 0 spiro atoms. The summed E-state index contributed by atoms with van der Waals surface area (Å²) < 4.78 is 1.58. The molecule has 1 aliphatic rings. The average Bonchev–Trinajstić information content (AvgIpc) is 2.88. The maximum Gasteiger partial charge on any atom is 0.319 e. The number of nitrogens with zero attached hydrogens (tertiary/aromatic N) is 1. The van der Waals surface area contributed by atoms with Crippen molar-refractivity contribution in [1.29, 1.82) is 0 Å². The Morgan fingerprint density at radius 1 is 1.11 bits per heavy atom. The van der Waals surface area contributed by atoms with Crippen molar-refractivity contribution in [3.05, 3.63) is 76.1 Å². The number of fused-ring (bicyclic) bond motifs is 2. The van der Waals surface area contributed by atoms with Crippen LogP contribution in [0.25, 0.3) is 10.9 Å². The van der Waals surface area contributed by atoms with Crippen LogP contribution in [0.1, 0.15) is 31.0 Å². The second-order valence-electron chi connectivity index (χ2n) is 7.90. The van der Waals surface area contributed by atoms with Crippen LogP contribution < -0.4 is 16.2 Å². The van der Waals surface area contributed by atoms with Crippen LogP contribution in [0.3, 0.4) is 0 Å². The first-order chi connectivity index (χ1) is 12.8. The molecule has 2 aromatic carbocycles. The first-order valence-electron chi connectivity index (χ1n) is 9.10. The molecule has 4 rings (SSSR count). The van der Waals surface area contributed by atoms with Crippen LogP contribution in [0.5, 0.6) is 0 Å². The quantitative estimate of drug-likeness (QED) is 0.725. The van der Waals surface area contributed by atoms with Crippen LogP contribution >= 0.6 is 0 Å². The number of anilines is 1. The molecular formula is C22H23N3O2. The lowest BCUT2D eigenvalue weighted by molar-refractivity contribution is 0.229. The summed E-state index contributed by atoms with van der Waals surface area (Å²) in [5, 5.41) is 6.99. The Morgan fingerprint density at radius 2 is 1.85 bits per heavy atom. The molecule has 1 heterocycles. The number of urea groups is 1. The minimum atomic E-state index is -0.245. The van der Waals surface area contributed by atoms with Gasteiger partial charge in [-0.2, -0.15) is 0 Å². The third-order valence-corrected chi connectivity index (χ3v) is 5.45. The summed E-state index contributed by atoms with van der Waals surface area (Å²) in [7, 11) is 1.73. The molecule has 0 radical (unpaired) electrons. The fourth-order valence-corrected chi connectivity index (χ4v) is 4.01. The van der Waals surface area contributed by atoms with E-state index in [-0.39, 0.29) is 23.0 Å². The number of aryl methyl sites for hydroxylation is 1. The smallest absolute Gasteiger partial charge is 0.319 e. The standard InChI is InChI=1S/C22H23N3O2/c1-22(2)13-15-6-4-5-7-17(15)20(22)24-21(27)23-16-10-8-14-9-11-19(26)25(3)18(14)12-16/h4-12,20H,13H2,1-3H3,(H2,23,24,27). The lowest BCUT2D eigenvalue weighted by Crippen LogP contribution is -2.38. The monoisotopic (exact) mass is 361 g/mol. The highest BCUT2D eigenvalue weighted by molar-refractivity contribution is 5.92. The van der Waals surface area contributed by atoms with Crippen molar-refractivity contribution in [1.82, 2.24) is 9.88 Å². The number of benzene rings is 2. The van der Waals surface area contributed by atoms with E-state index in [1.165, 1.54) is 11.1 Å². The first-order valence-corrected chi connectivity index (χ1v) is 9.10. The Bertz CT molecular complexity index is 1100. The molecule has 0 bridgehead atoms. The number of hydrogen-bond donors (Lipinski definition) is 2. The van der Waals surface area contributed by atoms with Gasteiger partial charge < -0.3 is 15.2 Å². The van der Waals surface area contributed by atoms with Gasteiger partial charge in [0, 0.05) is 18.8 Å². The molecule has 0 saturated carbocycles. The van der Waals surface area contributed by atoms with E-state index in [2.05, 4.69) is 36.6 Å². The maximum atomic E-state index is 12.7. The van der Waals surface area contributed by atoms with Gasteiger partial charge in [-0.15, -0.1) is 0 Å². The van der Waals surface area contributed by atoms with Gasteiger partial charge in [-0.05, 0) is 46.5 Å². The molecule has 1 atom stereocenters. The van der Waals surface area contributed by atoms with Crippen LogP contribution in [0.15, 0.2) is 59.4 Å². The summed E-state index contributed by atoms with van der Waals surface area (Å²) in [6, 6.07) is 16.9. The molecule has 3 aromatic rings. The van der Waals surface area contributed by atoms with E-state index in [0.717, 1.165) is 17.3 Å². The van der Waals surface area contributed by atoms with Gasteiger partial charge in [-0.25, -0.2) is 4.79 Å². The summed E-state index contributed by atoms with van der Waals surface area (Å²) in [5.41, 5.74) is 3.78. The van der Waals surface area contributed by atoms with Crippen LogP contribution in [0, 0.1) is 5.41 Å². The summed E-state index contributed by atoms with van der Waals surface area (Å²) in [6.45, 7) is 4.34. The lowest BCUT2D eigenvalue weighted by atomic mass is 9.85. The van der Waals surface area contributed by atoms with Crippen LogP contribution in [0.4, 0.5) is 10.5 Å². The van der Waals surface area contributed by atoms with Gasteiger partial charge in [-0.3, -0.25) is 4.79 Å². The number of rotatable bonds is 2. The van der Waals surface area contributed by atoms with Crippen LogP contribution in [0.2, 0.25) is 0 Å². The number of pyridine rings is 1. The van der Waals surface area contributed by atoms with E-state index in [0.29, 0.717) is 5.69 Å². The fourth-order valence-electron chi connectivity index (χ4n) is 4.01. The Balaban J connectivity index is 1.57. The van der Waals surface area contributed by atoms with Gasteiger partial charge >= 0.3 is 6.03 Å². The largest absolute Gasteiger partial charge is 0.331 e. The van der Waals surface area contributed by atoms with Crippen molar-refractivity contribution < 1.29 is 4.79 Å². The minimum Gasteiger partial charge on any atom is -0.331 e. The van der Waals surface area contributed by atoms with Crippen molar-refractivity contribution >= 4 is 22.6 Å². The summed E-state index contributed by atoms with van der Waals surface area (Å²) >= 11 is 0. The molecule has 0 saturated heterocycles. The Kier molecular flexibility index (Phi) is 4.02. The van der Waals surface area contributed by atoms with Gasteiger partial charge in [-0.1, -0.05) is 44.2 Å². The molecule has 27 heavy (non-hydrogen) atoms. The topological polar surface area (TPSA) is 63.1 Å². The third kappa shape index (κ3) is 3.10. The molecule has 1 aromatic heterocycles. The highest BCUT2D eigenvalue weighted by Gasteiger charge is 2.39. The van der Waals surface area contributed by atoms with E-state index < -0.39 is 0 Å². The van der Waals surface area contributed by atoms with Gasteiger partial charge in [0.2, 0.25) is 0 Å². The molecule has 1 unspecified atom stereocenters. The average molecular weight is 361 g/mol. The molecule has 2 amide bonds. The molecule has 138 valence electrons. The van der Waals surface area contributed by atoms with Gasteiger partial charge in [0.25, 0.3) is 5.56 Å². The maximum absolute atomic E-state index is 12.7. The van der Waals surface area contributed by atoms with Crippen molar-refractivity contribution in [2.45, 2.75) is 26.3 Å². The van der Waals surface area contributed by atoms with Crippen molar-refractivity contribution in [2.75, 3.05) is 5.32 Å². The predicted octanol–water partition coefficient (Wildman–Crippen LogP) is 3.98. The number of amides is 2. The molecule has 0 fully saturated rings. The molecular weight excluding hydrogens is 338 g/mol. The van der Waals surface area contributed by atoms with E-state index in [9.17, 15) is 9.59 Å². The zero-order valence-electron chi connectivity index (χ0n) is 15.7. The molecule has 5 nitrogen and oxygen atoms in total. The summed E-state index contributed by atoms with van der Waals surface area (Å²) in [4.78, 5) is 24.5. The Hall–Kier alpha value is -3.08.